The van der Waals surface area contributed by atoms with E-state index in [9.17, 15) is 4.79 Å². The fourth-order valence-corrected chi connectivity index (χ4v) is 2.28. The highest BCUT2D eigenvalue weighted by Gasteiger charge is 2.06. The Morgan fingerprint density at radius 1 is 1.05 bits per heavy atom. The molecule has 0 radical (unpaired) electrons. The molecule has 0 aliphatic heterocycles. The predicted octanol–water partition coefficient (Wildman–Crippen LogP) is 2.99. The Bertz CT molecular complexity index is 572. The van der Waals surface area contributed by atoms with Gasteiger partial charge >= 0.3 is 0 Å². The molecule has 0 saturated carbocycles. The third kappa shape index (κ3) is 4.25. The van der Waals surface area contributed by atoms with E-state index >= 15 is 0 Å². The normalized spacial score (nSPS) is 10.1. The van der Waals surface area contributed by atoms with Crippen molar-refractivity contribution in [2.75, 3.05) is 19.0 Å². The first kappa shape index (κ1) is 15.9. The van der Waals surface area contributed by atoms with Crippen molar-refractivity contribution < 1.29 is 9.53 Å². The van der Waals surface area contributed by atoms with Gasteiger partial charge in [0, 0.05) is 17.8 Å². The molecule has 0 unspecified atom stereocenters. The summed E-state index contributed by atoms with van der Waals surface area (Å²) in [5.41, 5.74) is 3.18. The minimum absolute atomic E-state index is 0.0446. The summed E-state index contributed by atoms with van der Waals surface area (Å²) < 4.78 is 5.27. The number of ether oxygens (including phenoxy) is 1. The molecule has 2 aromatic carbocycles. The summed E-state index contributed by atoms with van der Waals surface area (Å²) in [6.45, 7) is 2.81. The number of benzene rings is 2. The number of amides is 1. The molecular weight excluding hydrogens is 276 g/mol. The third-order valence-corrected chi connectivity index (χ3v) is 3.51. The minimum Gasteiger partial charge on any atom is -0.496 e. The van der Waals surface area contributed by atoms with E-state index < -0.39 is 0 Å². The molecule has 4 heteroatoms. The molecule has 1 amide bonds. The van der Waals surface area contributed by atoms with Crippen LogP contribution < -0.4 is 15.4 Å². The SMILES string of the molecule is CCc1ccccc1NCC(=O)NCc1ccccc1OC. The van der Waals surface area contributed by atoms with E-state index in [1.807, 2.05) is 42.5 Å². The van der Waals surface area contributed by atoms with Crippen LogP contribution in [0.5, 0.6) is 5.75 Å². The Hall–Kier alpha value is -2.49. The highest BCUT2D eigenvalue weighted by molar-refractivity contribution is 5.81. The van der Waals surface area contributed by atoms with Crippen LogP contribution in [0.15, 0.2) is 48.5 Å². The van der Waals surface area contributed by atoms with Gasteiger partial charge in [0.15, 0.2) is 0 Å². The average Bonchev–Trinajstić information content (AvgIpc) is 2.58. The molecule has 0 saturated heterocycles. The zero-order valence-corrected chi connectivity index (χ0v) is 13.1. The van der Waals surface area contributed by atoms with Crippen LogP contribution in [0.25, 0.3) is 0 Å². The second-order valence-electron chi connectivity index (χ2n) is 4.95. The number of hydrogen-bond donors (Lipinski definition) is 2. The average molecular weight is 298 g/mol. The van der Waals surface area contributed by atoms with Gasteiger partial charge in [-0.15, -0.1) is 0 Å². The lowest BCUT2D eigenvalue weighted by atomic mass is 10.1. The van der Waals surface area contributed by atoms with Gasteiger partial charge in [0.1, 0.15) is 5.75 Å². The Kier molecular flexibility index (Phi) is 5.83. The van der Waals surface area contributed by atoms with Crippen LogP contribution in [-0.2, 0) is 17.8 Å². The second-order valence-corrected chi connectivity index (χ2v) is 4.95. The number of methoxy groups -OCH3 is 1. The zero-order chi connectivity index (χ0) is 15.8. The largest absolute Gasteiger partial charge is 0.496 e. The number of carbonyl (C=O) groups excluding carboxylic acids is 1. The number of nitrogens with one attached hydrogen (secondary N) is 2. The number of anilines is 1. The topological polar surface area (TPSA) is 50.4 Å². The molecule has 0 aliphatic carbocycles. The lowest BCUT2D eigenvalue weighted by Gasteiger charge is -2.12. The monoisotopic (exact) mass is 298 g/mol. The summed E-state index contributed by atoms with van der Waals surface area (Å²) in [6, 6.07) is 15.7. The molecule has 2 N–H and O–H groups in total. The number of para-hydroxylation sites is 2. The molecule has 2 rings (SSSR count). The van der Waals surface area contributed by atoms with E-state index in [4.69, 9.17) is 4.74 Å². The summed E-state index contributed by atoms with van der Waals surface area (Å²) in [5, 5.41) is 6.09. The molecule has 0 aliphatic rings. The van der Waals surface area contributed by atoms with Gasteiger partial charge in [-0.05, 0) is 24.1 Å². The van der Waals surface area contributed by atoms with E-state index in [0.717, 1.165) is 23.4 Å². The Morgan fingerprint density at radius 2 is 1.73 bits per heavy atom. The first-order chi connectivity index (χ1) is 10.7. The lowest BCUT2D eigenvalue weighted by molar-refractivity contribution is -0.119. The van der Waals surface area contributed by atoms with E-state index in [0.29, 0.717) is 6.54 Å². The molecule has 116 valence electrons. The molecule has 0 heterocycles. The van der Waals surface area contributed by atoms with Crippen LogP contribution in [0, 0.1) is 0 Å². The van der Waals surface area contributed by atoms with Gasteiger partial charge < -0.3 is 15.4 Å². The maximum atomic E-state index is 12.0. The Morgan fingerprint density at radius 3 is 2.45 bits per heavy atom. The molecule has 0 aromatic heterocycles. The maximum Gasteiger partial charge on any atom is 0.239 e. The molecular formula is C18H22N2O2. The van der Waals surface area contributed by atoms with Crippen molar-refractivity contribution in [2.45, 2.75) is 19.9 Å². The number of hydrogen-bond acceptors (Lipinski definition) is 3. The van der Waals surface area contributed by atoms with Gasteiger partial charge in [-0.3, -0.25) is 4.79 Å². The zero-order valence-electron chi connectivity index (χ0n) is 13.1. The van der Waals surface area contributed by atoms with Crippen LogP contribution in [0.3, 0.4) is 0 Å². The fourth-order valence-electron chi connectivity index (χ4n) is 2.28. The van der Waals surface area contributed by atoms with Gasteiger partial charge in [-0.1, -0.05) is 43.3 Å². The first-order valence-corrected chi connectivity index (χ1v) is 7.45. The number of carbonyl (C=O) groups is 1. The molecule has 0 bridgehead atoms. The van der Waals surface area contributed by atoms with Crippen molar-refractivity contribution in [1.82, 2.24) is 5.32 Å². The predicted molar refractivity (Wildman–Crippen MR) is 89.2 cm³/mol. The van der Waals surface area contributed by atoms with Crippen LogP contribution in [0.1, 0.15) is 18.1 Å². The van der Waals surface area contributed by atoms with Crippen molar-refractivity contribution in [2.24, 2.45) is 0 Å². The molecule has 0 fully saturated rings. The fraction of sp³-hybridized carbons (Fsp3) is 0.278. The van der Waals surface area contributed by atoms with E-state index in [1.165, 1.54) is 5.56 Å². The summed E-state index contributed by atoms with van der Waals surface area (Å²) in [6.07, 6.45) is 0.937. The van der Waals surface area contributed by atoms with E-state index in [2.05, 4.69) is 23.6 Å². The van der Waals surface area contributed by atoms with E-state index in [-0.39, 0.29) is 12.5 Å². The highest BCUT2D eigenvalue weighted by atomic mass is 16.5. The summed E-state index contributed by atoms with van der Waals surface area (Å²) in [5.74, 6) is 0.740. The van der Waals surface area contributed by atoms with Crippen molar-refractivity contribution >= 4 is 11.6 Å². The lowest BCUT2D eigenvalue weighted by Crippen LogP contribution is -2.29. The number of rotatable bonds is 7. The van der Waals surface area contributed by atoms with Gasteiger partial charge in [0.25, 0.3) is 0 Å². The summed E-state index contributed by atoms with van der Waals surface area (Å²) >= 11 is 0. The minimum atomic E-state index is -0.0446. The summed E-state index contributed by atoms with van der Waals surface area (Å²) in [7, 11) is 1.63. The first-order valence-electron chi connectivity index (χ1n) is 7.45. The highest BCUT2D eigenvalue weighted by Crippen LogP contribution is 2.17. The molecule has 2 aromatic rings. The molecule has 0 spiro atoms. The maximum absolute atomic E-state index is 12.0. The molecule has 0 atom stereocenters. The molecule has 22 heavy (non-hydrogen) atoms. The van der Waals surface area contributed by atoms with Gasteiger partial charge in [-0.25, -0.2) is 0 Å². The van der Waals surface area contributed by atoms with Crippen molar-refractivity contribution in [3.63, 3.8) is 0 Å². The Balaban J connectivity index is 1.86. The van der Waals surface area contributed by atoms with Crippen molar-refractivity contribution in [1.29, 1.82) is 0 Å². The smallest absolute Gasteiger partial charge is 0.239 e. The van der Waals surface area contributed by atoms with Crippen LogP contribution >= 0.6 is 0 Å². The third-order valence-electron chi connectivity index (χ3n) is 3.51. The quantitative estimate of drug-likeness (QED) is 0.826. The Labute approximate surface area is 131 Å². The van der Waals surface area contributed by atoms with Crippen LogP contribution in [-0.4, -0.2) is 19.6 Å². The van der Waals surface area contributed by atoms with Crippen molar-refractivity contribution in [3.05, 3.63) is 59.7 Å². The van der Waals surface area contributed by atoms with Crippen LogP contribution in [0.4, 0.5) is 5.69 Å². The van der Waals surface area contributed by atoms with Gasteiger partial charge in [0.2, 0.25) is 5.91 Å². The number of aryl methyl sites for hydroxylation is 1. The van der Waals surface area contributed by atoms with Gasteiger partial charge in [0.05, 0.1) is 13.7 Å². The van der Waals surface area contributed by atoms with E-state index in [1.54, 1.807) is 7.11 Å². The van der Waals surface area contributed by atoms with Crippen molar-refractivity contribution in [3.8, 4) is 5.75 Å². The molecule has 4 nitrogen and oxygen atoms in total. The summed E-state index contributed by atoms with van der Waals surface area (Å²) in [4.78, 5) is 12.0. The van der Waals surface area contributed by atoms with Crippen LogP contribution in [0.2, 0.25) is 0 Å². The van der Waals surface area contributed by atoms with Gasteiger partial charge in [-0.2, -0.15) is 0 Å². The standard InChI is InChI=1S/C18H22N2O2/c1-3-14-8-4-6-10-16(14)19-13-18(21)20-12-15-9-5-7-11-17(15)22-2/h4-11,19H,3,12-13H2,1-2H3,(H,20,21). The second kappa shape index (κ2) is 8.08.